The van der Waals surface area contributed by atoms with Crippen molar-refractivity contribution in [2.75, 3.05) is 6.26 Å². The Bertz CT molecular complexity index is 1120. The minimum atomic E-state index is -3.67. The summed E-state index contributed by atoms with van der Waals surface area (Å²) in [7, 11) is -7.83. The van der Waals surface area contributed by atoms with Gasteiger partial charge in [-0.05, 0) is 92.5 Å². The molecule has 1 N–H and O–H groups in total. The molecule has 2 aliphatic carbocycles. The molecule has 0 radical (unpaired) electrons. The largest absolute Gasteiger partial charge is 0.481 e. The number of carbonyl (C=O) groups is 1. The summed E-state index contributed by atoms with van der Waals surface area (Å²) in [5, 5.41) is 9.12. The van der Waals surface area contributed by atoms with Crippen LogP contribution in [0.25, 0.3) is 0 Å². The molecule has 1 unspecified atom stereocenters. The Morgan fingerprint density at radius 1 is 0.978 bits per heavy atom. The molecule has 2 aliphatic rings. The van der Waals surface area contributed by atoms with Crippen molar-refractivity contribution in [2.45, 2.75) is 167 Å². The standard InChI is InChI=1S/C35H66O7SSi2/c1-13-35(24-19-25-35)31(42-45(11,12)34(5,6)7)22-18-21-28-27(20-16-14-15-17-23-32(36)37)29(40-43(8,38)39)26-30(28)41-44(9,10)33(2,3)4/h14,16,18,21,27-31H,13,15,17,19-20,22-26H2,1-12H3,(H,36,37)/b16-14?,21-18+/t27-,28-,29+,30-,31?/m1/s1. The molecule has 0 bridgehead atoms. The van der Waals surface area contributed by atoms with Crippen LogP contribution in [0.5, 0.6) is 0 Å². The number of rotatable bonds is 17. The first kappa shape index (κ1) is 40.4. The van der Waals surface area contributed by atoms with Gasteiger partial charge in [-0.2, -0.15) is 8.42 Å². The zero-order valence-electron chi connectivity index (χ0n) is 30.6. The van der Waals surface area contributed by atoms with Crippen molar-refractivity contribution in [1.29, 1.82) is 0 Å². The fraction of sp³-hybridized carbons (Fsp3) is 0.857. The Labute approximate surface area is 278 Å². The average molecular weight is 687 g/mol. The summed E-state index contributed by atoms with van der Waals surface area (Å²) in [4.78, 5) is 10.9. The van der Waals surface area contributed by atoms with Gasteiger partial charge in [0, 0.05) is 18.8 Å². The first-order valence-electron chi connectivity index (χ1n) is 17.2. The molecule has 7 nitrogen and oxygen atoms in total. The number of unbranched alkanes of at least 4 members (excludes halogenated alkanes) is 1. The lowest BCUT2D eigenvalue weighted by Gasteiger charge is -2.51. The number of allylic oxidation sites excluding steroid dienone is 2. The van der Waals surface area contributed by atoms with Gasteiger partial charge in [-0.3, -0.25) is 8.98 Å². The molecule has 0 spiro atoms. The molecule has 0 aromatic carbocycles. The van der Waals surface area contributed by atoms with E-state index in [-0.39, 0.29) is 46.0 Å². The summed E-state index contributed by atoms with van der Waals surface area (Å²) in [5.41, 5.74) is 0.215. The zero-order chi connectivity index (χ0) is 34.5. The van der Waals surface area contributed by atoms with E-state index in [9.17, 15) is 13.2 Å². The van der Waals surface area contributed by atoms with E-state index in [1.807, 2.05) is 6.08 Å². The van der Waals surface area contributed by atoms with E-state index in [4.69, 9.17) is 18.1 Å². The van der Waals surface area contributed by atoms with Gasteiger partial charge in [-0.25, -0.2) is 0 Å². The third kappa shape index (κ3) is 11.4. The van der Waals surface area contributed by atoms with E-state index >= 15 is 0 Å². The first-order chi connectivity index (χ1) is 20.4. The topological polar surface area (TPSA) is 99.1 Å². The van der Waals surface area contributed by atoms with E-state index in [1.54, 1.807) is 0 Å². The van der Waals surface area contributed by atoms with Crippen LogP contribution in [0.4, 0.5) is 0 Å². The average Bonchev–Trinajstić information content (AvgIpc) is 3.12. The van der Waals surface area contributed by atoms with Gasteiger partial charge in [-0.1, -0.05) is 79.2 Å². The van der Waals surface area contributed by atoms with Crippen molar-refractivity contribution >= 4 is 32.7 Å². The van der Waals surface area contributed by atoms with Crippen LogP contribution in [-0.4, -0.2) is 60.7 Å². The Morgan fingerprint density at radius 2 is 1.58 bits per heavy atom. The van der Waals surface area contributed by atoms with Crippen molar-refractivity contribution in [3.63, 3.8) is 0 Å². The third-order valence-corrected chi connectivity index (χ3v) is 21.0. The van der Waals surface area contributed by atoms with Gasteiger partial charge in [0.1, 0.15) is 0 Å². The molecule has 5 atom stereocenters. The lowest BCUT2D eigenvalue weighted by Crippen LogP contribution is -2.51. The van der Waals surface area contributed by atoms with Gasteiger partial charge in [0.2, 0.25) is 0 Å². The summed E-state index contributed by atoms with van der Waals surface area (Å²) in [6.07, 6.45) is 17.5. The summed E-state index contributed by atoms with van der Waals surface area (Å²) < 4.78 is 44.8. The van der Waals surface area contributed by atoms with Gasteiger partial charge >= 0.3 is 5.97 Å². The summed E-state index contributed by atoms with van der Waals surface area (Å²) >= 11 is 0. The van der Waals surface area contributed by atoms with E-state index in [2.05, 4.69) is 92.9 Å². The number of carboxylic acid groups (broad SMARTS) is 1. The molecule has 0 heterocycles. The Balaban J connectivity index is 2.45. The Morgan fingerprint density at radius 3 is 2.04 bits per heavy atom. The molecule has 45 heavy (non-hydrogen) atoms. The van der Waals surface area contributed by atoms with Crippen molar-refractivity contribution in [3.8, 4) is 0 Å². The van der Waals surface area contributed by atoms with Crippen molar-refractivity contribution in [3.05, 3.63) is 24.3 Å². The molecule has 0 aliphatic heterocycles. The lowest BCUT2D eigenvalue weighted by atomic mass is 9.63. The smallest absolute Gasteiger partial charge is 0.303 e. The predicted octanol–water partition coefficient (Wildman–Crippen LogP) is 9.48. The fourth-order valence-electron chi connectivity index (χ4n) is 6.27. The van der Waals surface area contributed by atoms with E-state index in [0.29, 0.717) is 25.7 Å². The van der Waals surface area contributed by atoms with Gasteiger partial charge in [0.15, 0.2) is 16.6 Å². The van der Waals surface area contributed by atoms with Crippen LogP contribution in [0.15, 0.2) is 24.3 Å². The normalized spacial score (nSPS) is 25.6. The lowest BCUT2D eigenvalue weighted by molar-refractivity contribution is -0.137. The maximum atomic E-state index is 12.4. The predicted molar refractivity (Wildman–Crippen MR) is 191 cm³/mol. The number of hydrogen-bond acceptors (Lipinski definition) is 6. The van der Waals surface area contributed by atoms with Crippen LogP contribution in [-0.2, 0) is 27.9 Å². The second-order valence-electron chi connectivity index (χ2n) is 16.8. The third-order valence-electron chi connectivity index (χ3n) is 11.4. The minimum absolute atomic E-state index is 0.0103. The number of aliphatic carboxylic acids is 1. The van der Waals surface area contributed by atoms with Crippen LogP contribution in [0.3, 0.4) is 0 Å². The molecule has 2 rings (SSSR count). The van der Waals surface area contributed by atoms with E-state index < -0.39 is 38.8 Å². The quantitative estimate of drug-likeness (QED) is 0.0704. The molecule has 262 valence electrons. The fourth-order valence-corrected chi connectivity index (χ4v) is 9.71. The maximum absolute atomic E-state index is 12.4. The van der Waals surface area contributed by atoms with Crippen LogP contribution < -0.4 is 0 Å². The first-order valence-corrected chi connectivity index (χ1v) is 24.9. The molecule has 0 amide bonds. The van der Waals surface area contributed by atoms with Gasteiger partial charge in [0.05, 0.1) is 24.6 Å². The maximum Gasteiger partial charge on any atom is 0.303 e. The Kier molecular flexibility index (Phi) is 14.0. The van der Waals surface area contributed by atoms with Crippen molar-refractivity contribution < 1.29 is 31.4 Å². The number of hydrogen-bond donors (Lipinski definition) is 1. The van der Waals surface area contributed by atoms with Crippen LogP contribution in [0.1, 0.15) is 113 Å². The highest BCUT2D eigenvalue weighted by molar-refractivity contribution is 7.86. The van der Waals surface area contributed by atoms with Gasteiger partial charge in [0.25, 0.3) is 10.1 Å². The Hall–Kier alpha value is -0.786. The van der Waals surface area contributed by atoms with Crippen LogP contribution in [0.2, 0.25) is 36.3 Å². The van der Waals surface area contributed by atoms with Gasteiger partial charge < -0.3 is 14.0 Å². The SMILES string of the molecule is CCC1(C(C/C=C/[C@@H]2[C@@H](CC=CCCCC(=O)O)[C@@H](OS(C)(=O)=O)C[C@H]2O[Si](C)(C)C(C)(C)C)O[Si](C)(C)C(C)(C)C)CCC1. The van der Waals surface area contributed by atoms with E-state index in [0.717, 1.165) is 19.1 Å². The highest BCUT2D eigenvalue weighted by Gasteiger charge is 2.50. The second kappa shape index (κ2) is 15.6. The highest BCUT2D eigenvalue weighted by Crippen LogP contribution is 2.52. The molecule has 2 saturated carbocycles. The molecule has 0 saturated heterocycles. The summed E-state index contributed by atoms with van der Waals surface area (Å²) in [6, 6.07) is 0. The molecular weight excluding hydrogens is 621 g/mol. The van der Waals surface area contributed by atoms with Gasteiger partial charge in [-0.15, -0.1) is 0 Å². The number of carboxylic acids is 1. The summed E-state index contributed by atoms with van der Waals surface area (Å²) in [6.45, 7) is 25.1. The molecule has 2 fully saturated rings. The van der Waals surface area contributed by atoms with E-state index in [1.165, 1.54) is 19.3 Å². The van der Waals surface area contributed by atoms with Crippen molar-refractivity contribution in [1.82, 2.24) is 0 Å². The molecular formula is C35H66O7SSi2. The van der Waals surface area contributed by atoms with Crippen LogP contribution >= 0.6 is 0 Å². The second-order valence-corrected chi connectivity index (χ2v) is 27.9. The minimum Gasteiger partial charge on any atom is -0.481 e. The summed E-state index contributed by atoms with van der Waals surface area (Å²) in [5.74, 6) is -0.883. The van der Waals surface area contributed by atoms with Crippen molar-refractivity contribution in [2.24, 2.45) is 17.3 Å². The molecule has 0 aromatic rings. The highest BCUT2D eigenvalue weighted by atomic mass is 32.2. The zero-order valence-corrected chi connectivity index (χ0v) is 33.4. The van der Waals surface area contributed by atoms with Crippen LogP contribution in [0, 0.1) is 17.3 Å². The monoisotopic (exact) mass is 686 g/mol. The molecule has 0 aromatic heterocycles. The molecule has 10 heteroatoms.